The summed E-state index contributed by atoms with van der Waals surface area (Å²) in [5, 5.41) is 8.55. The van der Waals surface area contributed by atoms with E-state index >= 15 is 0 Å². The lowest BCUT2D eigenvalue weighted by Gasteiger charge is -2.19. The van der Waals surface area contributed by atoms with Crippen molar-refractivity contribution < 1.29 is 14.7 Å². The van der Waals surface area contributed by atoms with E-state index in [1.807, 2.05) is 12.0 Å². The summed E-state index contributed by atoms with van der Waals surface area (Å²) < 4.78 is 0. The quantitative estimate of drug-likeness (QED) is 0.781. The second-order valence-electron chi connectivity index (χ2n) is 3.43. The van der Waals surface area contributed by atoms with Crippen molar-refractivity contribution in [2.24, 2.45) is 0 Å². The van der Waals surface area contributed by atoms with E-state index in [9.17, 15) is 9.59 Å². The summed E-state index contributed by atoms with van der Waals surface area (Å²) in [6, 6.07) is 8.94. The molecule has 0 saturated heterocycles. The molecule has 0 spiro atoms. The molecule has 1 aromatic rings. The van der Waals surface area contributed by atoms with Gasteiger partial charge in [0.05, 0.1) is 0 Å². The Morgan fingerprint density at radius 3 is 2.47 bits per heavy atom. The molecule has 0 aromatic heterocycles. The molecule has 0 bridgehead atoms. The van der Waals surface area contributed by atoms with Crippen LogP contribution in [-0.2, 0) is 9.59 Å². The van der Waals surface area contributed by atoms with Crippen molar-refractivity contribution in [1.82, 2.24) is 0 Å². The van der Waals surface area contributed by atoms with Crippen molar-refractivity contribution in [2.45, 2.75) is 12.8 Å². The number of carbonyl (C=O) groups excluding carboxylic acids is 1. The zero-order chi connectivity index (χ0) is 12.7. The molecule has 88 valence electrons. The maximum atomic E-state index is 11.5. The van der Waals surface area contributed by atoms with Crippen LogP contribution in [0.5, 0.6) is 0 Å². The van der Waals surface area contributed by atoms with Gasteiger partial charge in [0.15, 0.2) is 0 Å². The fourth-order valence-electron chi connectivity index (χ4n) is 1.42. The molecule has 4 nitrogen and oxygen atoms in total. The van der Waals surface area contributed by atoms with Crippen LogP contribution >= 0.6 is 0 Å². The Bertz CT molecular complexity index is 434. The smallest absolute Gasteiger partial charge is 0.303 e. The molecule has 0 atom stereocenters. The van der Waals surface area contributed by atoms with Crippen molar-refractivity contribution in [3.8, 4) is 12.3 Å². The average molecular weight is 231 g/mol. The number of hydrogen-bond acceptors (Lipinski definition) is 2. The SMILES string of the molecule is C#CC(=O)N(CCCC(=O)O)c1ccccc1. The number of para-hydroxylation sites is 1. The van der Waals surface area contributed by atoms with Crippen molar-refractivity contribution in [2.75, 3.05) is 11.4 Å². The van der Waals surface area contributed by atoms with Crippen LogP contribution in [0.3, 0.4) is 0 Å². The highest BCUT2D eigenvalue weighted by atomic mass is 16.4. The van der Waals surface area contributed by atoms with E-state index < -0.39 is 11.9 Å². The molecular formula is C13H13NO3. The molecule has 0 aliphatic heterocycles. The minimum Gasteiger partial charge on any atom is -0.481 e. The third-order valence-electron chi connectivity index (χ3n) is 2.21. The van der Waals surface area contributed by atoms with Gasteiger partial charge in [-0.05, 0) is 24.5 Å². The summed E-state index contributed by atoms with van der Waals surface area (Å²) in [7, 11) is 0. The van der Waals surface area contributed by atoms with Gasteiger partial charge >= 0.3 is 11.9 Å². The molecule has 4 heteroatoms. The fourth-order valence-corrected chi connectivity index (χ4v) is 1.42. The average Bonchev–Trinajstić information content (AvgIpc) is 2.34. The lowest BCUT2D eigenvalue weighted by atomic mass is 10.2. The molecule has 1 N–H and O–H groups in total. The summed E-state index contributed by atoms with van der Waals surface area (Å²) in [6.45, 7) is 0.305. The number of anilines is 1. The van der Waals surface area contributed by atoms with Gasteiger partial charge in [-0.25, -0.2) is 0 Å². The summed E-state index contributed by atoms with van der Waals surface area (Å²) in [5.74, 6) is 0.701. The van der Waals surface area contributed by atoms with Crippen LogP contribution in [0.15, 0.2) is 30.3 Å². The van der Waals surface area contributed by atoms with Gasteiger partial charge in [0.25, 0.3) is 0 Å². The minimum absolute atomic E-state index is 0.0151. The number of benzene rings is 1. The van der Waals surface area contributed by atoms with Crippen LogP contribution in [0.25, 0.3) is 0 Å². The van der Waals surface area contributed by atoms with E-state index in [0.29, 0.717) is 18.7 Å². The van der Waals surface area contributed by atoms with Gasteiger partial charge in [-0.15, -0.1) is 6.42 Å². The predicted molar refractivity (Wildman–Crippen MR) is 64.5 cm³/mol. The molecule has 0 heterocycles. The largest absolute Gasteiger partial charge is 0.481 e. The lowest BCUT2D eigenvalue weighted by Crippen LogP contribution is -2.30. The molecule has 1 aromatic carbocycles. The van der Waals surface area contributed by atoms with Gasteiger partial charge in [-0.1, -0.05) is 18.2 Å². The Balaban J connectivity index is 2.72. The molecule has 1 rings (SSSR count). The first-order valence-corrected chi connectivity index (χ1v) is 5.20. The van der Waals surface area contributed by atoms with Crippen LogP contribution in [-0.4, -0.2) is 23.5 Å². The molecular weight excluding hydrogens is 218 g/mol. The maximum Gasteiger partial charge on any atom is 0.303 e. The zero-order valence-electron chi connectivity index (χ0n) is 9.30. The van der Waals surface area contributed by atoms with Gasteiger partial charge in [0.1, 0.15) is 0 Å². The highest BCUT2D eigenvalue weighted by Gasteiger charge is 2.13. The Hall–Kier alpha value is -2.28. The van der Waals surface area contributed by atoms with E-state index in [1.54, 1.807) is 24.3 Å². The first-order chi connectivity index (χ1) is 8.15. The maximum absolute atomic E-state index is 11.5. The number of nitrogens with zero attached hydrogens (tertiary/aromatic N) is 1. The van der Waals surface area contributed by atoms with E-state index in [-0.39, 0.29) is 6.42 Å². The third kappa shape index (κ3) is 3.99. The van der Waals surface area contributed by atoms with Crippen molar-refractivity contribution in [3.05, 3.63) is 30.3 Å². The van der Waals surface area contributed by atoms with Gasteiger partial charge in [-0.2, -0.15) is 0 Å². The number of amides is 1. The van der Waals surface area contributed by atoms with Crippen molar-refractivity contribution in [1.29, 1.82) is 0 Å². The number of carboxylic acids is 1. The highest BCUT2D eigenvalue weighted by Crippen LogP contribution is 2.14. The summed E-state index contributed by atoms with van der Waals surface area (Å²) >= 11 is 0. The highest BCUT2D eigenvalue weighted by molar-refractivity contribution is 6.05. The van der Waals surface area contributed by atoms with Gasteiger partial charge in [-0.3, -0.25) is 9.59 Å². The Morgan fingerprint density at radius 1 is 1.29 bits per heavy atom. The first-order valence-electron chi connectivity index (χ1n) is 5.20. The van der Waals surface area contributed by atoms with Gasteiger partial charge in [0.2, 0.25) is 0 Å². The van der Waals surface area contributed by atoms with Gasteiger partial charge < -0.3 is 10.0 Å². The van der Waals surface area contributed by atoms with E-state index in [2.05, 4.69) is 0 Å². The molecule has 17 heavy (non-hydrogen) atoms. The number of carbonyl (C=O) groups is 2. The van der Waals surface area contributed by atoms with Crippen LogP contribution < -0.4 is 4.90 Å². The third-order valence-corrected chi connectivity index (χ3v) is 2.21. The summed E-state index contributed by atoms with van der Waals surface area (Å²) in [6.07, 6.45) is 5.47. The fraction of sp³-hybridized carbons (Fsp3) is 0.231. The second-order valence-corrected chi connectivity index (χ2v) is 3.43. The minimum atomic E-state index is -0.883. The molecule has 0 radical (unpaired) electrons. The number of rotatable bonds is 5. The molecule has 0 fully saturated rings. The molecule has 1 amide bonds. The normalized spacial score (nSPS) is 9.35. The number of carboxylic acid groups (broad SMARTS) is 1. The topological polar surface area (TPSA) is 57.6 Å². The predicted octanol–water partition coefficient (Wildman–Crippen LogP) is 1.52. The van der Waals surface area contributed by atoms with E-state index in [4.69, 9.17) is 11.5 Å². The van der Waals surface area contributed by atoms with Crippen LogP contribution in [0, 0.1) is 12.3 Å². The molecule has 0 unspecified atom stereocenters. The van der Waals surface area contributed by atoms with Gasteiger partial charge in [0, 0.05) is 18.7 Å². The molecule has 0 aliphatic rings. The van der Waals surface area contributed by atoms with E-state index in [1.165, 1.54) is 4.90 Å². The standard InChI is InChI=1S/C13H13NO3/c1-2-12(15)14(10-6-9-13(16)17)11-7-4-3-5-8-11/h1,3-5,7-8H,6,9-10H2,(H,16,17). The van der Waals surface area contributed by atoms with Crippen molar-refractivity contribution >= 4 is 17.6 Å². The Kier molecular flexibility index (Phi) is 4.77. The van der Waals surface area contributed by atoms with E-state index in [0.717, 1.165) is 0 Å². The molecule has 0 saturated carbocycles. The zero-order valence-corrected chi connectivity index (χ0v) is 9.30. The summed E-state index contributed by atoms with van der Waals surface area (Å²) in [5.41, 5.74) is 0.681. The number of terminal acetylenes is 1. The van der Waals surface area contributed by atoms with Crippen molar-refractivity contribution in [3.63, 3.8) is 0 Å². The first kappa shape index (κ1) is 12.8. The Labute approximate surface area is 99.9 Å². The van der Waals surface area contributed by atoms with Crippen LogP contribution in [0.4, 0.5) is 5.69 Å². The lowest BCUT2D eigenvalue weighted by molar-refractivity contribution is -0.137. The second kappa shape index (κ2) is 6.33. The number of hydrogen-bond donors (Lipinski definition) is 1. The molecule has 0 aliphatic carbocycles. The van der Waals surface area contributed by atoms with Crippen LogP contribution in [0.2, 0.25) is 0 Å². The number of aliphatic carboxylic acids is 1. The monoisotopic (exact) mass is 231 g/mol. The van der Waals surface area contributed by atoms with Crippen LogP contribution in [0.1, 0.15) is 12.8 Å². The Morgan fingerprint density at radius 2 is 1.94 bits per heavy atom. The summed E-state index contributed by atoms with van der Waals surface area (Å²) in [4.78, 5) is 23.3.